The summed E-state index contributed by atoms with van der Waals surface area (Å²) in [6.45, 7) is 1.59. The third-order valence-corrected chi connectivity index (χ3v) is 3.22. The molecule has 4 nitrogen and oxygen atoms in total. The van der Waals surface area contributed by atoms with Crippen LogP contribution in [-0.2, 0) is 4.79 Å². The van der Waals surface area contributed by atoms with Gasteiger partial charge in [0.1, 0.15) is 11.6 Å². The Morgan fingerprint density at radius 1 is 1.17 bits per heavy atom. The second kappa shape index (κ2) is 8.90. The fraction of sp³-hybridized carbons (Fsp3) is 0.278. The minimum absolute atomic E-state index is 0.165. The molecule has 2 aromatic rings. The first kappa shape index (κ1) is 17.0. The average Bonchev–Trinajstić information content (AvgIpc) is 2.52. The van der Waals surface area contributed by atoms with Crippen LogP contribution in [0.25, 0.3) is 0 Å². The van der Waals surface area contributed by atoms with E-state index < -0.39 is 0 Å². The highest BCUT2D eigenvalue weighted by Gasteiger charge is 2.07. The number of rotatable bonds is 8. The van der Waals surface area contributed by atoms with Crippen molar-refractivity contribution in [2.24, 2.45) is 0 Å². The average molecular weight is 316 g/mol. The fourth-order valence-electron chi connectivity index (χ4n) is 2.13. The van der Waals surface area contributed by atoms with Crippen molar-refractivity contribution in [3.8, 4) is 5.75 Å². The number of hydrogen-bond acceptors (Lipinski definition) is 3. The van der Waals surface area contributed by atoms with Crippen molar-refractivity contribution in [1.82, 2.24) is 4.90 Å². The molecule has 0 bridgehead atoms. The van der Waals surface area contributed by atoms with Gasteiger partial charge in [-0.1, -0.05) is 24.3 Å². The van der Waals surface area contributed by atoms with E-state index in [4.69, 9.17) is 4.74 Å². The summed E-state index contributed by atoms with van der Waals surface area (Å²) in [5.74, 6) is 0.315. The Morgan fingerprint density at radius 3 is 2.70 bits per heavy atom. The van der Waals surface area contributed by atoms with Gasteiger partial charge in [0.15, 0.2) is 0 Å². The molecule has 0 aliphatic heterocycles. The first-order valence-electron chi connectivity index (χ1n) is 7.55. The molecule has 1 N–H and O–H groups in total. The number of nitrogens with one attached hydrogen (secondary N) is 1. The van der Waals surface area contributed by atoms with Crippen LogP contribution in [0.1, 0.15) is 6.42 Å². The molecule has 0 heterocycles. The first-order chi connectivity index (χ1) is 11.1. The van der Waals surface area contributed by atoms with Crippen LogP contribution >= 0.6 is 0 Å². The minimum Gasteiger partial charge on any atom is -0.494 e. The molecule has 1 amide bonds. The van der Waals surface area contributed by atoms with E-state index in [2.05, 4.69) is 5.32 Å². The first-order valence-corrected chi connectivity index (χ1v) is 7.55. The molecule has 0 saturated heterocycles. The summed E-state index contributed by atoms with van der Waals surface area (Å²) in [7, 11) is 1.87. The maximum absolute atomic E-state index is 13.0. The number of ether oxygens (including phenoxy) is 1. The van der Waals surface area contributed by atoms with Crippen LogP contribution in [0, 0.1) is 5.82 Å². The smallest absolute Gasteiger partial charge is 0.238 e. The van der Waals surface area contributed by atoms with E-state index in [-0.39, 0.29) is 18.3 Å². The largest absolute Gasteiger partial charge is 0.494 e. The third-order valence-electron chi connectivity index (χ3n) is 3.22. The Hall–Kier alpha value is -2.40. The zero-order chi connectivity index (χ0) is 16.5. The molecule has 0 aliphatic carbocycles. The number of benzene rings is 2. The number of amides is 1. The number of likely N-dealkylation sites (N-methyl/N-ethyl adjacent to an activating group) is 1. The van der Waals surface area contributed by atoms with Crippen LogP contribution in [0.5, 0.6) is 5.75 Å². The number of anilines is 1. The highest BCUT2D eigenvalue weighted by molar-refractivity contribution is 5.92. The molecule has 0 atom stereocenters. The molecule has 5 heteroatoms. The Balaban J connectivity index is 1.64. The van der Waals surface area contributed by atoms with E-state index in [1.807, 2.05) is 42.3 Å². The van der Waals surface area contributed by atoms with Crippen LogP contribution in [0.3, 0.4) is 0 Å². The molecule has 0 unspecified atom stereocenters. The molecule has 0 fully saturated rings. The Bertz CT molecular complexity index is 619. The molecule has 2 rings (SSSR count). The van der Waals surface area contributed by atoms with Gasteiger partial charge in [0, 0.05) is 12.2 Å². The van der Waals surface area contributed by atoms with E-state index in [1.54, 1.807) is 12.1 Å². The van der Waals surface area contributed by atoms with E-state index >= 15 is 0 Å². The zero-order valence-electron chi connectivity index (χ0n) is 13.2. The number of carbonyl (C=O) groups excluding carboxylic acids is 1. The lowest BCUT2D eigenvalue weighted by Crippen LogP contribution is -2.31. The lowest BCUT2D eigenvalue weighted by molar-refractivity contribution is -0.117. The van der Waals surface area contributed by atoms with Gasteiger partial charge in [-0.15, -0.1) is 0 Å². The van der Waals surface area contributed by atoms with Crippen molar-refractivity contribution in [2.45, 2.75) is 6.42 Å². The van der Waals surface area contributed by atoms with Gasteiger partial charge >= 0.3 is 0 Å². The number of para-hydroxylation sites is 1. The molecule has 0 radical (unpaired) electrons. The van der Waals surface area contributed by atoms with E-state index in [0.29, 0.717) is 12.3 Å². The summed E-state index contributed by atoms with van der Waals surface area (Å²) in [6, 6.07) is 15.5. The lowest BCUT2D eigenvalue weighted by Gasteiger charge is -2.16. The molecular weight excluding hydrogens is 295 g/mol. The second-order valence-electron chi connectivity index (χ2n) is 5.31. The van der Waals surface area contributed by atoms with Gasteiger partial charge in [0.25, 0.3) is 0 Å². The van der Waals surface area contributed by atoms with Crippen molar-refractivity contribution in [3.63, 3.8) is 0 Å². The molecular formula is C18H21FN2O2. The predicted molar refractivity (Wildman–Crippen MR) is 89.1 cm³/mol. The van der Waals surface area contributed by atoms with Gasteiger partial charge in [0.2, 0.25) is 5.91 Å². The maximum Gasteiger partial charge on any atom is 0.238 e. The van der Waals surface area contributed by atoms with Crippen LogP contribution in [0.4, 0.5) is 10.1 Å². The summed E-state index contributed by atoms with van der Waals surface area (Å²) in [6.07, 6.45) is 0.818. The quantitative estimate of drug-likeness (QED) is 0.761. The van der Waals surface area contributed by atoms with Crippen molar-refractivity contribution in [2.75, 3.05) is 32.1 Å². The Kier molecular flexibility index (Phi) is 6.56. The van der Waals surface area contributed by atoms with Crippen molar-refractivity contribution < 1.29 is 13.9 Å². The topological polar surface area (TPSA) is 41.6 Å². The predicted octanol–water partition coefficient (Wildman–Crippen LogP) is 3.17. The Labute approximate surface area is 135 Å². The van der Waals surface area contributed by atoms with Crippen molar-refractivity contribution >= 4 is 11.6 Å². The Morgan fingerprint density at radius 2 is 1.96 bits per heavy atom. The van der Waals surface area contributed by atoms with Crippen molar-refractivity contribution in [3.05, 3.63) is 60.4 Å². The number of carbonyl (C=O) groups is 1. The standard InChI is InChI=1S/C18H21FN2O2/c1-21(11-6-12-23-17-9-3-2-4-10-17)14-18(22)20-16-8-5-7-15(19)13-16/h2-5,7-10,13H,6,11-12,14H2,1H3,(H,20,22). The second-order valence-corrected chi connectivity index (χ2v) is 5.31. The lowest BCUT2D eigenvalue weighted by atomic mass is 10.3. The highest BCUT2D eigenvalue weighted by Crippen LogP contribution is 2.09. The van der Waals surface area contributed by atoms with Gasteiger partial charge in [-0.3, -0.25) is 9.69 Å². The van der Waals surface area contributed by atoms with E-state index in [1.165, 1.54) is 12.1 Å². The van der Waals surface area contributed by atoms with E-state index in [0.717, 1.165) is 18.7 Å². The zero-order valence-corrected chi connectivity index (χ0v) is 13.2. The molecule has 0 aromatic heterocycles. The minimum atomic E-state index is -0.366. The molecule has 0 aliphatic rings. The van der Waals surface area contributed by atoms with Crippen LogP contribution < -0.4 is 10.1 Å². The molecule has 0 spiro atoms. The van der Waals surface area contributed by atoms with Crippen LogP contribution in [-0.4, -0.2) is 37.6 Å². The summed E-state index contributed by atoms with van der Waals surface area (Å²) < 4.78 is 18.7. The van der Waals surface area contributed by atoms with E-state index in [9.17, 15) is 9.18 Å². The number of nitrogens with zero attached hydrogens (tertiary/aromatic N) is 1. The summed E-state index contributed by atoms with van der Waals surface area (Å²) in [4.78, 5) is 13.8. The fourth-order valence-corrected chi connectivity index (χ4v) is 2.13. The molecule has 23 heavy (non-hydrogen) atoms. The summed E-state index contributed by atoms with van der Waals surface area (Å²) in [5.41, 5.74) is 0.468. The summed E-state index contributed by atoms with van der Waals surface area (Å²) in [5, 5.41) is 2.68. The van der Waals surface area contributed by atoms with Gasteiger partial charge in [-0.25, -0.2) is 4.39 Å². The third kappa shape index (κ3) is 6.48. The molecule has 0 saturated carbocycles. The highest BCUT2D eigenvalue weighted by atomic mass is 19.1. The number of halogens is 1. The van der Waals surface area contributed by atoms with Gasteiger partial charge in [0.05, 0.1) is 13.2 Å². The molecule has 2 aromatic carbocycles. The summed E-state index contributed by atoms with van der Waals surface area (Å²) >= 11 is 0. The molecule has 122 valence electrons. The number of hydrogen-bond donors (Lipinski definition) is 1. The van der Waals surface area contributed by atoms with Crippen LogP contribution in [0.15, 0.2) is 54.6 Å². The van der Waals surface area contributed by atoms with Gasteiger partial charge < -0.3 is 10.1 Å². The monoisotopic (exact) mass is 316 g/mol. The van der Waals surface area contributed by atoms with Gasteiger partial charge in [-0.2, -0.15) is 0 Å². The maximum atomic E-state index is 13.0. The van der Waals surface area contributed by atoms with Crippen molar-refractivity contribution in [1.29, 1.82) is 0 Å². The van der Waals surface area contributed by atoms with Gasteiger partial charge in [-0.05, 0) is 43.8 Å². The van der Waals surface area contributed by atoms with Crippen LogP contribution in [0.2, 0.25) is 0 Å². The normalized spacial score (nSPS) is 10.6. The SMILES string of the molecule is CN(CCCOc1ccccc1)CC(=O)Nc1cccc(F)c1.